The highest BCUT2D eigenvalue weighted by atomic mass is 16.6. The fraction of sp³-hybridized carbons (Fsp3) is 0.538. The van der Waals surface area contributed by atoms with Crippen LogP contribution in [-0.4, -0.2) is 36.2 Å². The molecule has 1 aromatic rings. The van der Waals surface area contributed by atoms with E-state index < -0.39 is 0 Å². The van der Waals surface area contributed by atoms with Gasteiger partial charge in [-0.05, 0) is 25.0 Å². The highest BCUT2D eigenvalue weighted by Gasteiger charge is 2.44. The van der Waals surface area contributed by atoms with Crippen LogP contribution in [0.15, 0.2) is 24.3 Å². The number of likely N-dealkylation sites (tertiary alicyclic amines) is 1. The van der Waals surface area contributed by atoms with Crippen LogP contribution in [0.1, 0.15) is 12.8 Å². The Morgan fingerprint density at radius 1 is 0.938 bits per heavy atom. The summed E-state index contributed by atoms with van der Waals surface area (Å²) in [6.45, 7) is 2.06. The summed E-state index contributed by atoms with van der Waals surface area (Å²) < 4.78 is 12.0. The molecular formula is C13H15NO2. The lowest BCUT2D eigenvalue weighted by Crippen LogP contribution is -2.38. The Hall–Kier alpha value is -1.22. The van der Waals surface area contributed by atoms with Gasteiger partial charge in [0.05, 0.1) is 0 Å². The number of nitrogens with zero attached hydrogens (tertiary/aromatic N) is 1. The Morgan fingerprint density at radius 2 is 1.50 bits per heavy atom. The second kappa shape index (κ2) is 3.14. The predicted octanol–water partition coefficient (Wildman–Crippen LogP) is 1.67. The SMILES string of the molecule is c1ccc2c(c1)O[C@@H]1CN(C3CC3)C[C@H]1O2. The minimum absolute atomic E-state index is 0.232. The van der Waals surface area contributed by atoms with E-state index in [0.717, 1.165) is 30.6 Å². The number of para-hydroxylation sites is 2. The van der Waals surface area contributed by atoms with Crippen molar-refractivity contribution in [1.29, 1.82) is 0 Å². The summed E-state index contributed by atoms with van der Waals surface area (Å²) in [7, 11) is 0. The van der Waals surface area contributed by atoms with E-state index in [1.807, 2.05) is 24.3 Å². The molecule has 16 heavy (non-hydrogen) atoms. The van der Waals surface area contributed by atoms with Gasteiger partial charge in [0, 0.05) is 19.1 Å². The maximum absolute atomic E-state index is 6.00. The number of hydrogen-bond acceptors (Lipinski definition) is 3. The van der Waals surface area contributed by atoms with Crippen molar-refractivity contribution in [1.82, 2.24) is 4.90 Å². The van der Waals surface area contributed by atoms with E-state index >= 15 is 0 Å². The molecule has 0 aromatic heterocycles. The first-order valence-electron chi connectivity index (χ1n) is 6.06. The largest absolute Gasteiger partial charge is 0.481 e. The minimum atomic E-state index is 0.232. The van der Waals surface area contributed by atoms with Gasteiger partial charge in [-0.25, -0.2) is 0 Å². The van der Waals surface area contributed by atoms with E-state index in [0.29, 0.717) is 0 Å². The smallest absolute Gasteiger partial charge is 0.161 e. The van der Waals surface area contributed by atoms with Crippen LogP contribution in [0.4, 0.5) is 0 Å². The fourth-order valence-electron chi connectivity index (χ4n) is 2.71. The molecule has 3 nitrogen and oxygen atoms in total. The second-order valence-corrected chi connectivity index (χ2v) is 4.94. The molecule has 1 saturated heterocycles. The van der Waals surface area contributed by atoms with Crippen LogP contribution in [0.25, 0.3) is 0 Å². The molecule has 0 bridgehead atoms. The third-order valence-electron chi connectivity index (χ3n) is 3.71. The quantitative estimate of drug-likeness (QED) is 0.714. The predicted molar refractivity (Wildman–Crippen MR) is 59.9 cm³/mol. The van der Waals surface area contributed by atoms with Gasteiger partial charge in [0.2, 0.25) is 0 Å². The van der Waals surface area contributed by atoms with Crippen molar-refractivity contribution in [3.05, 3.63) is 24.3 Å². The Labute approximate surface area is 95.0 Å². The molecule has 84 valence electrons. The lowest BCUT2D eigenvalue weighted by atomic mass is 10.2. The van der Waals surface area contributed by atoms with Gasteiger partial charge < -0.3 is 9.47 Å². The van der Waals surface area contributed by atoms with Crippen molar-refractivity contribution in [3.8, 4) is 11.5 Å². The minimum Gasteiger partial charge on any atom is -0.481 e. The molecule has 4 rings (SSSR count). The van der Waals surface area contributed by atoms with E-state index in [4.69, 9.17) is 9.47 Å². The first kappa shape index (κ1) is 8.88. The number of ether oxygens (including phenoxy) is 2. The summed E-state index contributed by atoms with van der Waals surface area (Å²) in [5.41, 5.74) is 0. The molecule has 2 atom stereocenters. The first-order valence-corrected chi connectivity index (χ1v) is 6.06. The molecule has 3 aliphatic rings. The van der Waals surface area contributed by atoms with Crippen LogP contribution < -0.4 is 9.47 Å². The van der Waals surface area contributed by atoms with Gasteiger partial charge in [-0.2, -0.15) is 0 Å². The van der Waals surface area contributed by atoms with Crippen LogP contribution in [0.3, 0.4) is 0 Å². The van der Waals surface area contributed by atoms with E-state index in [2.05, 4.69) is 4.90 Å². The number of rotatable bonds is 1. The van der Waals surface area contributed by atoms with Crippen molar-refractivity contribution in [2.24, 2.45) is 0 Å². The molecule has 2 aliphatic heterocycles. The average molecular weight is 217 g/mol. The Balaban J connectivity index is 1.59. The summed E-state index contributed by atoms with van der Waals surface area (Å²) in [5.74, 6) is 1.81. The standard InChI is InChI=1S/C13H15NO2/c1-2-4-11-10(3-1)15-12-7-14(9-5-6-9)8-13(12)16-11/h1-4,9,12-13H,5-8H2/t12-,13-/m1/s1. The summed E-state index contributed by atoms with van der Waals surface area (Å²) >= 11 is 0. The van der Waals surface area contributed by atoms with Gasteiger partial charge in [0.15, 0.2) is 11.5 Å². The Kier molecular flexibility index (Phi) is 1.74. The molecule has 0 amide bonds. The molecule has 0 unspecified atom stereocenters. The molecule has 0 spiro atoms. The topological polar surface area (TPSA) is 21.7 Å². The number of hydrogen-bond donors (Lipinski definition) is 0. The third-order valence-corrected chi connectivity index (χ3v) is 3.71. The first-order chi connectivity index (χ1) is 7.90. The molecule has 1 aliphatic carbocycles. The lowest BCUT2D eigenvalue weighted by molar-refractivity contribution is 0.0552. The Morgan fingerprint density at radius 3 is 2.00 bits per heavy atom. The van der Waals surface area contributed by atoms with Gasteiger partial charge in [0.25, 0.3) is 0 Å². The summed E-state index contributed by atoms with van der Waals surface area (Å²) in [6, 6.07) is 8.78. The monoisotopic (exact) mass is 217 g/mol. The van der Waals surface area contributed by atoms with Crippen molar-refractivity contribution in [3.63, 3.8) is 0 Å². The zero-order chi connectivity index (χ0) is 10.5. The lowest BCUT2D eigenvalue weighted by Gasteiger charge is -2.28. The zero-order valence-electron chi connectivity index (χ0n) is 9.13. The highest BCUT2D eigenvalue weighted by molar-refractivity contribution is 5.41. The van der Waals surface area contributed by atoms with Crippen molar-refractivity contribution in [2.75, 3.05) is 13.1 Å². The molecular weight excluding hydrogens is 202 g/mol. The molecule has 2 fully saturated rings. The Bertz CT molecular complexity index is 383. The van der Waals surface area contributed by atoms with Gasteiger partial charge in [0.1, 0.15) is 12.2 Å². The van der Waals surface area contributed by atoms with Gasteiger partial charge in [-0.3, -0.25) is 4.90 Å². The summed E-state index contributed by atoms with van der Waals surface area (Å²) in [6.07, 6.45) is 3.17. The van der Waals surface area contributed by atoms with E-state index in [9.17, 15) is 0 Å². The van der Waals surface area contributed by atoms with E-state index in [1.54, 1.807) is 0 Å². The normalized spacial score (nSPS) is 32.5. The van der Waals surface area contributed by atoms with Crippen LogP contribution in [-0.2, 0) is 0 Å². The summed E-state index contributed by atoms with van der Waals surface area (Å²) in [5, 5.41) is 0. The maximum atomic E-state index is 6.00. The zero-order valence-corrected chi connectivity index (χ0v) is 9.13. The second-order valence-electron chi connectivity index (χ2n) is 4.94. The number of benzene rings is 1. The fourth-order valence-corrected chi connectivity index (χ4v) is 2.71. The van der Waals surface area contributed by atoms with Crippen LogP contribution in [0.2, 0.25) is 0 Å². The van der Waals surface area contributed by atoms with E-state index in [-0.39, 0.29) is 12.2 Å². The molecule has 0 N–H and O–H groups in total. The molecule has 3 heteroatoms. The van der Waals surface area contributed by atoms with Crippen molar-refractivity contribution in [2.45, 2.75) is 31.1 Å². The average Bonchev–Trinajstić information content (AvgIpc) is 3.07. The van der Waals surface area contributed by atoms with Crippen LogP contribution in [0, 0.1) is 0 Å². The maximum Gasteiger partial charge on any atom is 0.161 e. The van der Waals surface area contributed by atoms with Crippen LogP contribution in [0.5, 0.6) is 11.5 Å². The molecule has 2 heterocycles. The van der Waals surface area contributed by atoms with Crippen LogP contribution >= 0.6 is 0 Å². The van der Waals surface area contributed by atoms with Gasteiger partial charge in [-0.15, -0.1) is 0 Å². The van der Waals surface area contributed by atoms with Gasteiger partial charge >= 0.3 is 0 Å². The van der Waals surface area contributed by atoms with Crippen molar-refractivity contribution >= 4 is 0 Å². The van der Waals surface area contributed by atoms with E-state index in [1.165, 1.54) is 12.8 Å². The van der Waals surface area contributed by atoms with Gasteiger partial charge in [-0.1, -0.05) is 12.1 Å². The molecule has 1 saturated carbocycles. The number of fused-ring (bicyclic) bond motifs is 2. The summed E-state index contributed by atoms with van der Waals surface area (Å²) in [4.78, 5) is 2.52. The third kappa shape index (κ3) is 1.31. The molecule has 1 aromatic carbocycles. The molecule has 0 radical (unpaired) electrons. The van der Waals surface area contributed by atoms with Crippen molar-refractivity contribution < 1.29 is 9.47 Å². The highest BCUT2D eigenvalue weighted by Crippen LogP contribution is 2.38.